The molecule has 0 radical (unpaired) electrons. The standard InChI is InChI=1S/C16H29N3O2/c1-3-21-15(20)14-7-5-11-19(12-14)16(17-2)18-10-4-6-13-8-9-13/h13-14H,3-12H2,1-2H3,(H,17,18). The van der Waals surface area contributed by atoms with E-state index >= 15 is 0 Å². The number of carbonyl (C=O) groups excluding carboxylic acids is 1. The molecule has 0 aromatic heterocycles. The van der Waals surface area contributed by atoms with Gasteiger partial charge in [0.05, 0.1) is 12.5 Å². The van der Waals surface area contributed by atoms with Crippen molar-refractivity contribution in [2.24, 2.45) is 16.8 Å². The second-order valence-corrected chi connectivity index (χ2v) is 6.10. The predicted octanol–water partition coefficient (Wildman–Crippen LogP) is 2.03. The topological polar surface area (TPSA) is 53.9 Å². The van der Waals surface area contributed by atoms with Gasteiger partial charge in [0.25, 0.3) is 0 Å². The van der Waals surface area contributed by atoms with Crippen LogP contribution in [0.25, 0.3) is 0 Å². The zero-order valence-corrected chi connectivity index (χ0v) is 13.4. The van der Waals surface area contributed by atoms with E-state index in [1.807, 2.05) is 14.0 Å². The molecule has 1 aliphatic carbocycles. The Morgan fingerprint density at radius 1 is 1.38 bits per heavy atom. The molecular weight excluding hydrogens is 266 g/mol. The molecule has 5 nitrogen and oxygen atoms in total. The second kappa shape index (κ2) is 8.25. The summed E-state index contributed by atoms with van der Waals surface area (Å²) >= 11 is 0. The lowest BCUT2D eigenvalue weighted by Gasteiger charge is -2.34. The molecule has 2 fully saturated rings. The quantitative estimate of drug-likeness (QED) is 0.352. The van der Waals surface area contributed by atoms with Crippen molar-refractivity contribution in [2.45, 2.75) is 45.4 Å². The second-order valence-electron chi connectivity index (χ2n) is 6.10. The van der Waals surface area contributed by atoms with Crippen molar-refractivity contribution < 1.29 is 9.53 Å². The van der Waals surface area contributed by atoms with Crippen LogP contribution in [0.2, 0.25) is 0 Å². The van der Waals surface area contributed by atoms with Crippen LogP contribution in [0.1, 0.15) is 45.4 Å². The molecule has 1 aliphatic heterocycles. The van der Waals surface area contributed by atoms with Gasteiger partial charge in [-0.05, 0) is 38.5 Å². The van der Waals surface area contributed by atoms with E-state index in [2.05, 4.69) is 15.2 Å². The van der Waals surface area contributed by atoms with Gasteiger partial charge < -0.3 is 15.0 Å². The van der Waals surface area contributed by atoms with Crippen molar-refractivity contribution in [3.8, 4) is 0 Å². The van der Waals surface area contributed by atoms with E-state index in [0.29, 0.717) is 6.61 Å². The van der Waals surface area contributed by atoms with Gasteiger partial charge in [-0.3, -0.25) is 9.79 Å². The van der Waals surface area contributed by atoms with E-state index in [0.717, 1.165) is 44.4 Å². The maximum Gasteiger partial charge on any atom is 0.310 e. The van der Waals surface area contributed by atoms with E-state index in [9.17, 15) is 4.79 Å². The Labute approximate surface area is 128 Å². The lowest BCUT2D eigenvalue weighted by molar-refractivity contribution is -0.149. The Morgan fingerprint density at radius 3 is 2.86 bits per heavy atom. The first kappa shape index (κ1) is 16.1. The van der Waals surface area contributed by atoms with E-state index in [-0.39, 0.29) is 11.9 Å². The molecule has 1 unspecified atom stereocenters. The minimum atomic E-state index is -0.0635. The molecular formula is C16H29N3O2. The number of ether oxygens (including phenoxy) is 1. The molecule has 1 atom stereocenters. The van der Waals surface area contributed by atoms with Crippen molar-refractivity contribution in [3.63, 3.8) is 0 Å². The average Bonchev–Trinajstić information content (AvgIpc) is 3.32. The smallest absolute Gasteiger partial charge is 0.310 e. The Bertz CT molecular complexity index is 367. The van der Waals surface area contributed by atoms with Crippen LogP contribution in [0.5, 0.6) is 0 Å². The van der Waals surface area contributed by atoms with Gasteiger partial charge in [0.15, 0.2) is 5.96 Å². The van der Waals surface area contributed by atoms with Gasteiger partial charge in [-0.2, -0.15) is 0 Å². The monoisotopic (exact) mass is 295 g/mol. The van der Waals surface area contributed by atoms with Crippen molar-refractivity contribution in [1.29, 1.82) is 0 Å². The summed E-state index contributed by atoms with van der Waals surface area (Å²) in [6, 6.07) is 0. The highest BCUT2D eigenvalue weighted by Gasteiger charge is 2.28. The first-order valence-corrected chi connectivity index (χ1v) is 8.36. The molecule has 5 heteroatoms. The SMILES string of the molecule is CCOC(=O)C1CCCN(C(=NC)NCCCC2CC2)C1. The van der Waals surface area contributed by atoms with Crippen LogP contribution in [0.4, 0.5) is 0 Å². The molecule has 0 aromatic rings. The van der Waals surface area contributed by atoms with Gasteiger partial charge in [0, 0.05) is 26.7 Å². The number of likely N-dealkylation sites (tertiary alicyclic amines) is 1. The largest absolute Gasteiger partial charge is 0.466 e. The number of guanidine groups is 1. The minimum absolute atomic E-state index is 0.0104. The molecule has 0 amide bonds. The van der Waals surface area contributed by atoms with E-state index in [4.69, 9.17) is 4.74 Å². The average molecular weight is 295 g/mol. The highest BCUT2D eigenvalue weighted by molar-refractivity contribution is 5.81. The lowest BCUT2D eigenvalue weighted by Crippen LogP contribution is -2.48. The van der Waals surface area contributed by atoms with Gasteiger partial charge >= 0.3 is 5.97 Å². The molecule has 1 N–H and O–H groups in total. The summed E-state index contributed by atoms with van der Waals surface area (Å²) < 4.78 is 5.15. The predicted molar refractivity (Wildman–Crippen MR) is 84.2 cm³/mol. The number of aliphatic imine (C=N–C) groups is 1. The minimum Gasteiger partial charge on any atom is -0.466 e. The summed E-state index contributed by atoms with van der Waals surface area (Å²) in [5.41, 5.74) is 0. The van der Waals surface area contributed by atoms with Crippen LogP contribution in [0.3, 0.4) is 0 Å². The fourth-order valence-electron chi connectivity index (χ4n) is 2.95. The van der Waals surface area contributed by atoms with Crippen LogP contribution in [0.15, 0.2) is 4.99 Å². The molecule has 0 aromatic carbocycles. The summed E-state index contributed by atoms with van der Waals surface area (Å²) in [7, 11) is 1.82. The number of hydrogen-bond acceptors (Lipinski definition) is 3. The number of rotatable bonds is 6. The Hall–Kier alpha value is -1.26. The van der Waals surface area contributed by atoms with Crippen molar-refractivity contribution in [2.75, 3.05) is 33.3 Å². The van der Waals surface area contributed by atoms with Crippen LogP contribution in [-0.4, -0.2) is 50.1 Å². The molecule has 120 valence electrons. The molecule has 0 spiro atoms. The lowest BCUT2D eigenvalue weighted by atomic mass is 9.98. The number of carbonyl (C=O) groups is 1. The Balaban J connectivity index is 1.75. The highest BCUT2D eigenvalue weighted by Crippen LogP contribution is 2.33. The summed E-state index contributed by atoms with van der Waals surface area (Å²) in [5.74, 6) is 1.84. The van der Waals surface area contributed by atoms with E-state index in [1.54, 1.807) is 0 Å². The molecule has 1 saturated heterocycles. The van der Waals surface area contributed by atoms with Crippen molar-refractivity contribution >= 4 is 11.9 Å². The zero-order valence-electron chi connectivity index (χ0n) is 13.4. The van der Waals surface area contributed by atoms with Gasteiger partial charge in [-0.1, -0.05) is 12.8 Å². The molecule has 2 rings (SSSR count). The van der Waals surface area contributed by atoms with Crippen LogP contribution in [-0.2, 0) is 9.53 Å². The summed E-state index contributed by atoms with van der Waals surface area (Å²) in [6.07, 6.45) is 7.32. The number of hydrogen-bond donors (Lipinski definition) is 1. The third kappa shape index (κ3) is 5.21. The van der Waals surface area contributed by atoms with Gasteiger partial charge in [-0.15, -0.1) is 0 Å². The third-order valence-electron chi connectivity index (χ3n) is 4.32. The normalized spacial score (nSPS) is 23.0. The highest BCUT2D eigenvalue weighted by atomic mass is 16.5. The fourth-order valence-corrected chi connectivity index (χ4v) is 2.95. The first-order chi connectivity index (χ1) is 10.2. The van der Waals surface area contributed by atoms with Crippen LogP contribution < -0.4 is 5.32 Å². The third-order valence-corrected chi connectivity index (χ3v) is 4.32. The molecule has 21 heavy (non-hydrogen) atoms. The number of nitrogens with one attached hydrogen (secondary N) is 1. The van der Waals surface area contributed by atoms with Gasteiger partial charge in [0.2, 0.25) is 0 Å². The number of esters is 1. The zero-order chi connectivity index (χ0) is 15.1. The maximum atomic E-state index is 11.9. The van der Waals surface area contributed by atoms with E-state index < -0.39 is 0 Å². The van der Waals surface area contributed by atoms with Gasteiger partial charge in [0.1, 0.15) is 0 Å². The molecule has 1 saturated carbocycles. The Kier molecular flexibility index (Phi) is 6.33. The molecule has 1 heterocycles. The molecule has 0 bridgehead atoms. The Morgan fingerprint density at radius 2 is 2.19 bits per heavy atom. The fraction of sp³-hybridized carbons (Fsp3) is 0.875. The van der Waals surface area contributed by atoms with Crippen molar-refractivity contribution in [1.82, 2.24) is 10.2 Å². The number of piperidine rings is 1. The maximum absolute atomic E-state index is 11.9. The van der Waals surface area contributed by atoms with Crippen LogP contribution in [0, 0.1) is 11.8 Å². The van der Waals surface area contributed by atoms with Gasteiger partial charge in [-0.25, -0.2) is 0 Å². The summed E-state index contributed by atoms with van der Waals surface area (Å²) in [6.45, 7) is 4.99. The van der Waals surface area contributed by atoms with Crippen LogP contribution >= 0.6 is 0 Å². The molecule has 2 aliphatic rings. The number of nitrogens with zero attached hydrogens (tertiary/aromatic N) is 2. The summed E-state index contributed by atoms with van der Waals surface area (Å²) in [5, 5.41) is 3.44. The van der Waals surface area contributed by atoms with Crippen molar-refractivity contribution in [3.05, 3.63) is 0 Å². The van der Waals surface area contributed by atoms with E-state index in [1.165, 1.54) is 25.7 Å². The summed E-state index contributed by atoms with van der Waals surface area (Å²) in [4.78, 5) is 18.4. The first-order valence-electron chi connectivity index (χ1n) is 8.36.